The van der Waals surface area contributed by atoms with Crippen molar-refractivity contribution in [2.75, 3.05) is 7.11 Å². The molecule has 0 aliphatic carbocycles. The molecule has 0 saturated carbocycles. The molecule has 0 aliphatic rings. The topological polar surface area (TPSA) is 71.2 Å². The second-order valence-electron chi connectivity index (χ2n) is 4.16. The smallest absolute Gasteiger partial charge is 0.318 e. The van der Waals surface area contributed by atoms with E-state index in [1.54, 1.807) is 6.20 Å². The molecule has 0 aliphatic heterocycles. The van der Waals surface area contributed by atoms with Gasteiger partial charge in [0.05, 0.1) is 13.7 Å². The molecule has 1 aromatic heterocycles. The van der Waals surface area contributed by atoms with Crippen LogP contribution in [-0.4, -0.2) is 24.0 Å². The first kappa shape index (κ1) is 13.3. The number of aromatic nitrogens is 1. The van der Waals surface area contributed by atoms with E-state index in [2.05, 4.69) is 15.0 Å². The minimum absolute atomic E-state index is 0.0916. The molecule has 0 fully saturated rings. The van der Waals surface area contributed by atoms with E-state index in [0.717, 1.165) is 5.69 Å². The van der Waals surface area contributed by atoms with Gasteiger partial charge in [0.2, 0.25) is 5.91 Å². The molecule has 0 saturated heterocycles. The van der Waals surface area contributed by atoms with Crippen LogP contribution in [0.4, 0.5) is 0 Å². The molecule has 17 heavy (non-hydrogen) atoms. The van der Waals surface area contributed by atoms with E-state index in [1.165, 1.54) is 7.11 Å². The first-order chi connectivity index (χ1) is 8.06. The van der Waals surface area contributed by atoms with E-state index in [1.807, 2.05) is 26.0 Å². The number of nitrogens with one attached hydrogen (secondary N) is 2. The van der Waals surface area contributed by atoms with Gasteiger partial charge in [-0.25, -0.2) is 0 Å². The van der Waals surface area contributed by atoms with E-state index in [0.29, 0.717) is 6.54 Å². The van der Waals surface area contributed by atoms with Gasteiger partial charge in [-0.3, -0.25) is 9.59 Å². The molecule has 0 aromatic carbocycles. The van der Waals surface area contributed by atoms with Crippen LogP contribution in [0.5, 0.6) is 0 Å². The molecular formula is C12H18N2O3. The number of hydrogen-bond donors (Lipinski definition) is 2. The molecule has 1 unspecified atom stereocenters. The normalized spacial score (nSPS) is 12.2. The van der Waals surface area contributed by atoms with Crippen LogP contribution in [0.1, 0.15) is 19.5 Å². The minimum Gasteiger partial charge on any atom is -0.468 e. The lowest BCUT2D eigenvalue weighted by molar-refractivity contribution is -0.151. The maximum Gasteiger partial charge on any atom is 0.318 e. The molecule has 1 amide bonds. The number of esters is 1. The molecule has 5 nitrogen and oxygen atoms in total. The molecule has 0 spiro atoms. The highest BCUT2D eigenvalue weighted by Gasteiger charge is 2.30. The molecular weight excluding hydrogens is 220 g/mol. The maximum atomic E-state index is 11.9. The lowest BCUT2D eigenvalue weighted by Gasteiger charge is -2.17. The zero-order valence-electron chi connectivity index (χ0n) is 10.3. The SMILES string of the molecule is COC(=O)C(C(=O)NCc1ccc[nH]1)C(C)C. The van der Waals surface area contributed by atoms with Gasteiger partial charge in [0.15, 0.2) is 0 Å². The molecule has 1 aromatic rings. The predicted octanol–water partition coefficient (Wildman–Crippen LogP) is 1.08. The molecule has 2 N–H and O–H groups in total. The van der Waals surface area contributed by atoms with Crippen LogP contribution >= 0.6 is 0 Å². The molecule has 1 rings (SSSR count). The molecule has 1 atom stereocenters. The second-order valence-corrected chi connectivity index (χ2v) is 4.16. The number of rotatable bonds is 5. The largest absolute Gasteiger partial charge is 0.468 e. The van der Waals surface area contributed by atoms with Gasteiger partial charge >= 0.3 is 5.97 Å². The summed E-state index contributed by atoms with van der Waals surface area (Å²) < 4.78 is 4.62. The highest BCUT2D eigenvalue weighted by Crippen LogP contribution is 2.13. The quantitative estimate of drug-likeness (QED) is 0.595. The second kappa shape index (κ2) is 6.08. The van der Waals surface area contributed by atoms with Crippen molar-refractivity contribution in [2.24, 2.45) is 11.8 Å². The summed E-state index contributed by atoms with van der Waals surface area (Å²) in [6.07, 6.45) is 1.78. The number of carbonyl (C=O) groups is 2. The van der Waals surface area contributed by atoms with Crippen LogP contribution < -0.4 is 5.32 Å². The first-order valence-corrected chi connectivity index (χ1v) is 5.54. The Bertz CT molecular complexity index is 371. The Balaban J connectivity index is 2.57. The van der Waals surface area contributed by atoms with Crippen molar-refractivity contribution >= 4 is 11.9 Å². The number of ether oxygens (including phenoxy) is 1. The summed E-state index contributed by atoms with van der Waals surface area (Å²) in [4.78, 5) is 26.3. The predicted molar refractivity (Wildman–Crippen MR) is 63.0 cm³/mol. The summed E-state index contributed by atoms with van der Waals surface area (Å²) in [5, 5.41) is 2.71. The van der Waals surface area contributed by atoms with Gasteiger partial charge in [-0.2, -0.15) is 0 Å². The summed E-state index contributed by atoms with van der Waals surface area (Å²) in [6.45, 7) is 4.01. The van der Waals surface area contributed by atoms with E-state index < -0.39 is 11.9 Å². The highest BCUT2D eigenvalue weighted by molar-refractivity contribution is 5.97. The van der Waals surface area contributed by atoms with E-state index in [-0.39, 0.29) is 11.8 Å². The fraction of sp³-hybridized carbons (Fsp3) is 0.500. The standard InChI is InChI=1S/C12H18N2O3/c1-8(2)10(12(16)17-3)11(15)14-7-9-5-4-6-13-9/h4-6,8,10,13H,7H2,1-3H3,(H,14,15). The van der Waals surface area contributed by atoms with E-state index in [9.17, 15) is 9.59 Å². The van der Waals surface area contributed by atoms with Gasteiger partial charge in [0.1, 0.15) is 5.92 Å². The van der Waals surface area contributed by atoms with Crippen molar-refractivity contribution in [1.29, 1.82) is 0 Å². The van der Waals surface area contributed by atoms with Crippen LogP contribution in [0.2, 0.25) is 0 Å². The monoisotopic (exact) mass is 238 g/mol. The first-order valence-electron chi connectivity index (χ1n) is 5.54. The zero-order valence-corrected chi connectivity index (χ0v) is 10.3. The maximum absolute atomic E-state index is 11.9. The number of hydrogen-bond acceptors (Lipinski definition) is 3. The minimum atomic E-state index is -0.755. The van der Waals surface area contributed by atoms with Gasteiger partial charge in [-0.1, -0.05) is 13.8 Å². The van der Waals surface area contributed by atoms with E-state index >= 15 is 0 Å². The fourth-order valence-electron chi connectivity index (χ4n) is 1.58. The summed E-state index contributed by atoms with van der Waals surface area (Å²) in [5.41, 5.74) is 0.894. The molecule has 1 heterocycles. The Hall–Kier alpha value is -1.78. The van der Waals surface area contributed by atoms with Crippen molar-refractivity contribution < 1.29 is 14.3 Å². The van der Waals surface area contributed by atoms with Crippen LogP contribution in [0, 0.1) is 11.8 Å². The third kappa shape index (κ3) is 3.62. The van der Waals surface area contributed by atoms with Crippen LogP contribution in [0.25, 0.3) is 0 Å². The Morgan fingerprint density at radius 3 is 2.65 bits per heavy atom. The van der Waals surface area contributed by atoms with Gasteiger partial charge in [0.25, 0.3) is 0 Å². The lowest BCUT2D eigenvalue weighted by atomic mass is 9.95. The summed E-state index contributed by atoms with van der Waals surface area (Å²) in [5.74, 6) is -1.65. The number of H-pyrrole nitrogens is 1. The molecule has 94 valence electrons. The van der Waals surface area contributed by atoms with Gasteiger partial charge in [0, 0.05) is 11.9 Å². The van der Waals surface area contributed by atoms with Crippen molar-refractivity contribution in [3.05, 3.63) is 24.0 Å². The lowest BCUT2D eigenvalue weighted by Crippen LogP contribution is -2.38. The van der Waals surface area contributed by atoms with Gasteiger partial charge in [-0.05, 0) is 18.1 Å². The number of carbonyl (C=O) groups excluding carboxylic acids is 2. The Kier molecular flexibility index (Phi) is 4.75. The third-order valence-corrected chi connectivity index (χ3v) is 2.52. The van der Waals surface area contributed by atoms with Gasteiger partial charge < -0.3 is 15.0 Å². The van der Waals surface area contributed by atoms with Gasteiger partial charge in [-0.15, -0.1) is 0 Å². The Morgan fingerprint density at radius 2 is 2.18 bits per heavy atom. The third-order valence-electron chi connectivity index (χ3n) is 2.52. The molecule has 0 radical (unpaired) electrons. The Morgan fingerprint density at radius 1 is 1.47 bits per heavy atom. The average molecular weight is 238 g/mol. The van der Waals surface area contributed by atoms with Crippen molar-refractivity contribution in [3.8, 4) is 0 Å². The summed E-state index contributed by atoms with van der Waals surface area (Å²) in [7, 11) is 1.29. The fourth-order valence-corrected chi connectivity index (χ4v) is 1.58. The van der Waals surface area contributed by atoms with Crippen molar-refractivity contribution in [3.63, 3.8) is 0 Å². The van der Waals surface area contributed by atoms with Crippen LogP contribution in [0.3, 0.4) is 0 Å². The number of methoxy groups -OCH3 is 1. The molecule has 5 heteroatoms. The number of aromatic amines is 1. The Labute approximate surface area is 101 Å². The van der Waals surface area contributed by atoms with Crippen LogP contribution in [-0.2, 0) is 20.9 Å². The average Bonchev–Trinajstić information content (AvgIpc) is 2.78. The van der Waals surface area contributed by atoms with E-state index in [4.69, 9.17) is 0 Å². The van der Waals surface area contributed by atoms with Crippen LogP contribution in [0.15, 0.2) is 18.3 Å². The summed E-state index contributed by atoms with van der Waals surface area (Å²) >= 11 is 0. The summed E-state index contributed by atoms with van der Waals surface area (Å²) in [6, 6.07) is 3.71. The number of amides is 1. The highest BCUT2D eigenvalue weighted by atomic mass is 16.5. The zero-order chi connectivity index (χ0) is 12.8. The van der Waals surface area contributed by atoms with Crippen molar-refractivity contribution in [2.45, 2.75) is 20.4 Å². The van der Waals surface area contributed by atoms with Crippen molar-refractivity contribution in [1.82, 2.24) is 10.3 Å². The molecule has 0 bridgehead atoms.